The molecule has 1 unspecified atom stereocenters. The van der Waals surface area contributed by atoms with Crippen LogP contribution < -0.4 is 67.7 Å². The Morgan fingerprint density at radius 1 is 1.33 bits per heavy atom. The quantitative estimate of drug-likeness (QED) is 0.371. The molecule has 0 radical (unpaired) electrons. The number of aromatic carboxylic acids is 1. The Kier molecular flexibility index (Phi) is 6.42. The van der Waals surface area contributed by atoms with E-state index in [1.54, 1.807) is 9.97 Å². The molecule has 1 aromatic heterocycles. The number of H-pyrrole nitrogens is 2. The van der Waals surface area contributed by atoms with Gasteiger partial charge < -0.3 is 20.0 Å². The van der Waals surface area contributed by atoms with Gasteiger partial charge in [0.25, 0.3) is 5.56 Å². The molecule has 3 N–H and O–H groups in total. The van der Waals surface area contributed by atoms with E-state index >= 15 is 0 Å². The average molecular weight is 278 g/mol. The maximum atomic E-state index is 11.4. The normalized spacial score (nSPS) is 11.1. The summed E-state index contributed by atoms with van der Waals surface area (Å²) >= 11 is 0. The summed E-state index contributed by atoms with van der Waals surface area (Å²) < 4.78 is 0. The summed E-state index contributed by atoms with van der Waals surface area (Å²) in [5.41, 5.74) is -3.68. The van der Waals surface area contributed by atoms with E-state index in [4.69, 9.17) is 5.11 Å². The molecule has 8 nitrogen and oxygen atoms in total. The second-order valence-corrected chi connectivity index (χ2v) is 3.04. The van der Waals surface area contributed by atoms with E-state index in [1.807, 2.05) is 0 Å². The van der Waals surface area contributed by atoms with E-state index in [1.165, 1.54) is 0 Å². The number of aromatic amines is 2. The second-order valence-electron chi connectivity index (χ2n) is 3.04. The Balaban J connectivity index is 0.00000289. The van der Waals surface area contributed by atoms with Gasteiger partial charge >= 0.3 is 63.0 Å². The van der Waals surface area contributed by atoms with Gasteiger partial charge in [0, 0.05) is 0 Å². The fourth-order valence-electron chi connectivity index (χ4n) is 1.30. The Morgan fingerprint density at radius 3 is 2.28 bits per heavy atom. The first-order chi connectivity index (χ1) is 7.88. The summed E-state index contributed by atoms with van der Waals surface area (Å²) in [5.74, 6) is -4.88. The molecule has 1 rings (SSSR count). The molecular weight excluding hydrogens is 271 g/mol. The third-order valence-electron chi connectivity index (χ3n) is 2.00. The topological polar surface area (TPSA) is 143 Å². The van der Waals surface area contributed by atoms with E-state index in [2.05, 4.69) is 6.58 Å². The molecule has 0 aliphatic carbocycles. The fourth-order valence-corrected chi connectivity index (χ4v) is 1.30. The molecule has 0 spiro atoms. The monoisotopic (exact) mass is 278 g/mol. The summed E-state index contributed by atoms with van der Waals surface area (Å²) in [5, 5.41) is 19.5. The van der Waals surface area contributed by atoms with Crippen LogP contribution in [0.4, 0.5) is 0 Å². The van der Waals surface area contributed by atoms with Gasteiger partial charge in [0.15, 0.2) is 0 Å². The smallest absolute Gasteiger partial charge is 0.543 e. The zero-order chi connectivity index (χ0) is 13.2. The van der Waals surface area contributed by atoms with Crippen molar-refractivity contribution in [1.29, 1.82) is 0 Å². The zero-order valence-corrected chi connectivity index (χ0v) is 12.5. The molecule has 0 aliphatic rings. The van der Waals surface area contributed by atoms with E-state index < -0.39 is 40.4 Å². The number of carbonyl (C=O) groups is 2. The average Bonchev–Trinajstić information content (AvgIpc) is 2.20. The summed E-state index contributed by atoms with van der Waals surface area (Å²) in [7, 11) is 0. The number of hydrogen-bond donors (Lipinski definition) is 3. The van der Waals surface area contributed by atoms with Crippen LogP contribution in [0, 0.1) is 0 Å². The van der Waals surface area contributed by atoms with Gasteiger partial charge in [0.2, 0.25) is 0 Å². The van der Waals surface area contributed by atoms with Crippen molar-refractivity contribution in [3.05, 3.63) is 44.8 Å². The van der Waals surface area contributed by atoms with Gasteiger partial charge in [0.05, 0.1) is 17.2 Å². The zero-order valence-electron chi connectivity index (χ0n) is 9.35. The first kappa shape index (κ1) is 17.0. The molecule has 1 atom stereocenters. The molecule has 0 fully saturated rings. The third kappa shape index (κ3) is 3.49. The van der Waals surface area contributed by atoms with Crippen LogP contribution >= 0.6 is 0 Å². The van der Waals surface area contributed by atoms with Gasteiger partial charge in [-0.25, -0.2) is 4.79 Å². The molecule has 18 heavy (non-hydrogen) atoms. The van der Waals surface area contributed by atoms with Crippen molar-refractivity contribution in [2.45, 2.75) is 5.92 Å². The SMILES string of the molecule is C=CC(C(=O)O)c1c(C(=O)[O-])[nH]c(=O)[nH]c1=O.[K+]. The molecule has 1 aromatic rings. The number of aromatic nitrogens is 2. The largest absolute Gasteiger partial charge is 1.00 e. The van der Waals surface area contributed by atoms with Gasteiger partial charge in [-0.15, -0.1) is 6.58 Å². The summed E-state index contributed by atoms with van der Waals surface area (Å²) in [6.07, 6.45) is 0.873. The number of hydrogen-bond acceptors (Lipinski definition) is 5. The van der Waals surface area contributed by atoms with Gasteiger partial charge in [0.1, 0.15) is 5.92 Å². The Bertz CT molecular complexity index is 602. The van der Waals surface area contributed by atoms with Crippen LogP contribution in [0.5, 0.6) is 0 Å². The maximum Gasteiger partial charge on any atom is 1.00 e. The Hall–Kier alpha value is -1.00. The molecule has 1 heterocycles. The van der Waals surface area contributed by atoms with Crippen molar-refractivity contribution in [3.8, 4) is 0 Å². The third-order valence-corrected chi connectivity index (χ3v) is 2.00. The summed E-state index contributed by atoms with van der Waals surface area (Å²) in [4.78, 5) is 47.3. The molecule has 0 aromatic carbocycles. The van der Waals surface area contributed by atoms with Crippen molar-refractivity contribution < 1.29 is 71.2 Å². The molecule has 9 heteroatoms. The summed E-state index contributed by atoms with van der Waals surface area (Å²) in [6.45, 7) is 3.18. The first-order valence-electron chi connectivity index (χ1n) is 4.31. The van der Waals surface area contributed by atoms with Gasteiger partial charge in [-0.05, 0) is 0 Å². The minimum Gasteiger partial charge on any atom is -0.543 e. The molecule has 90 valence electrons. The number of carboxylic acid groups (broad SMARTS) is 2. The molecule has 0 bridgehead atoms. The van der Waals surface area contributed by atoms with E-state index in [-0.39, 0.29) is 51.4 Å². The number of rotatable bonds is 4. The van der Waals surface area contributed by atoms with Crippen LogP contribution in [0.1, 0.15) is 22.0 Å². The van der Waals surface area contributed by atoms with Crippen LogP contribution in [0.2, 0.25) is 0 Å². The molecular formula is C9H7KN2O6. The van der Waals surface area contributed by atoms with Crippen molar-refractivity contribution in [1.82, 2.24) is 9.97 Å². The number of nitrogens with one attached hydrogen (secondary N) is 2. The molecule has 0 saturated heterocycles. The van der Waals surface area contributed by atoms with Gasteiger partial charge in [-0.1, -0.05) is 6.08 Å². The molecule has 0 amide bonds. The Labute approximate surface area is 142 Å². The van der Waals surface area contributed by atoms with Crippen molar-refractivity contribution in [3.63, 3.8) is 0 Å². The summed E-state index contributed by atoms with van der Waals surface area (Å²) in [6, 6.07) is 0. The van der Waals surface area contributed by atoms with Crippen molar-refractivity contribution in [2.24, 2.45) is 0 Å². The van der Waals surface area contributed by atoms with Crippen LogP contribution in [0.3, 0.4) is 0 Å². The van der Waals surface area contributed by atoms with E-state index in [0.717, 1.165) is 6.08 Å². The molecule has 0 saturated carbocycles. The maximum absolute atomic E-state index is 11.4. The minimum atomic E-state index is -1.85. The van der Waals surface area contributed by atoms with Gasteiger partial charge in [-0.3, -0.25) is 14.6 Å². The van der Waals surface area contributed by atoms with Crippen LogP contribution in [0.15, 0.2) is 22.2 Å². The minimum absolute atomic E-state index is 0. The number of carboxylic acids is 2. The predicted molar refractivity (Wildman–Crippen MR) is 52.6 cm³/mol. The van der Waals surface area contributed by atoms with Crippen LogP contribution in [-0.2, 0) is 4.79 Å². The van der Waals surface area contributed by atoms with Gasteiger partial charge in [-0.2, -0.15) is 0 Å². The predicted octanol–water partition coefficient (Wildman–Crippen LogP) is -5.22. The van der Waals surface area contributed by atoms with E-state index in [0.29, 0.717) is 0 Å². The second kappa shape index (κ2) is 6.80. The molecule has 0 aliphatic heterocycles. The van der Waals surface area contributed by atoms with Crippen LogP contribution in [-0.4, -0.2) is 27.0 Å². The number of carbonyl (C=O) groups excluding carboxylic acids is 1. The van der Waals surface area contributed by atoms with Crippen molar-refractivity contribution in [2.75, 3.05) is 0 Å². The fraction of sp³-hybridized carbons (Fsp3) is 0.111. The van der Waals surface area contributed by atoms with Crippen molar-refractivity contribution >= 4 is 11.9 Å². The Morgan fingerprint density at radius 2 is 1.89 bits per heavy atom. The van der Waals surface area contributed by atoms with Crippen LogP contribution in [0.25, 0.3) is 0 Å². The number of aliphatic carboxylic acids is 1. The van der Waals surface area contributed by atoms with E-state index in [9.17, 15) is 24.3 Å². The first-order valence-corrected chi connectivity index (χ1v) is 4.31. The standard InChI is InChI=1S/C9H8N2O6.K/c1-2-3(7(13)14)4-5(8(15)16)10-9(17)11-6(4)12;/h2-3H,1H2,(H,13,14)(H,15,16)(H2,10,11,12,17);/q;+1/p-1.